The first kappa shape index (κ1) is 36.2. The molecule has 8 heteroatoms. The van der Waals surface area contributed by atoms with E-state index in [2.05, 4.69) is 6.92 Å². The van der Waals surface area contributed by atoms with Crippen LogP contribution >= 0.6 is 0 Å². The van der Waals surface area contributed by atoms with Gasteiger partial charge in [-0.15, -0.1) is 0 Å². The molecule has 252 valence electrons. The summed E-state index contributed by atoms with van der Waals surface area (Å²) in [5.41, 5.74) is -0.0263. The second-order valence-corrected chi connectivity index (χ2v) is 12.2. The quantitative estimate of drug-likeness (QED) is 0.0989. The maximum absolute atomic E-state index is 15.0. The van der Waals surface area contributed by atoms with Crippen LogP contribution in [0.4, 0.5) is 35.1 Å². The van der Waals surface area contributed by atoms with E-state index in [-0.39, 0.29) is 59.9 Å². The topological polar surface area (TPSA) is 0 Å². The van der Waals surface area contributed by atoms with E-state index in [1.807, 2.05) is 24.3 Å². The summed E-state index contributed by atoms with van der Waals surface area (Å²) in [5.74, 6) is -1.02. The van der Waals surface area contributed by atoms with Crippen molar-refractivity contribution < 1.29 is 35.1 Å². The van der Waals surface area contributed by atoms with Gasteiger partial charge in [-0.3, -0.25) is 0 Å². The molecule has 0 radical (unpaired) electrons. The third-order valence-electron chi connectivity index (χ3n) is 8.67. The van der Waals surface area contributed by atoms with E-state index >= 15 is 8.78 Å². The molecule has 0 N–H and O–H groups in total. The number of rotatable bonds is 13. The molecule has 0 spiro atoms. The minimum absolute atomic E-state index is 0.103. The van der Waals surface area contributed by atoms with Crippen LogP contribution in [0.3, 0.4) is 0 Å². The zero-order valence-corrected chi connectivity index (χ0v) is 26.9. The highest BCUT2D eigenvalue weighted by atomic mass is 19.4. The number of alkyl halides is 6. The molecule has 4 aromatic carbocycles. The fraction of sp³-hybridized carbons (Fsp3) is 0.385. The second kappa shape index (κ2) is 15.5. The van der Waals surface area contributed by atoms with Gasteiger partial charge in [-0.2, -0.15) is 26.3 Å². The molecule has 0 aliphatic carbocycles. The smallest absolute Gasteiger partial charge is 0.207 e. The molecule has 0 fully saturated rings. The van der Waals surface area contributed by atoms with Gasteiger partial charge in [-0.1, -0.05) is 87.7 Å². The highest BCUT2D eigenvalue weighted by Crippen LogP contribution is 2.45. The average Bonchev–Trinajstić information content (AvgIpc) is 3.00. The highest BCUT2D eigenvalue weighted by Gasteiger charge is 2.46. The van der Waals surface area contributed by atoms with Gasteiger partial charge in [-0.25, -0.2) is 8.78 Å². The highest BCUT2D eigenvalue weighted by molar-refractivity contribution is 5.65. The summed E-state index contributed by atoms with van der Waals surface area (Å²) in [6.07, 6.45) is -5.30. The Kier molecular flexibility index (Phi) is 11.9. The van der Waals surface area contributed by atoms with Crippen molar-refractivity contribution in [2.24, 2.45) is 0 Å². The lowest BCUT2D eigenvalue weighted by Gasteiger charge is -2.24. The molecule has 0 nitrogen and oxygen atoms in total. The van der Waals surface area contributed by atoms with Crippen LogP contribution in [0.5, 0.6) is 0 Å². The SMILES string of the molecule is CCCCCc1ccc(-c2cc(F)c(CCc3ccc(CCc4c(C)cc(CCC)c(C(F)(F)F)c4C(F)(F)F)cc3)cc2F)cc1. The normalized spacial score (nSPS) is 12.1. The summed E-state index contributed by atoms with van der Waals surface area (Å²) < 4.78 is 114. The molecule has 0 bridgehead atoms. The Morgan fingerprint density at radius 3 is 1.62 bits per heavy atom. The summed E-state index contributed by atoms with van der Waals surface area (Å²) in [4.78, 5) is 0. The van der Waals surface area contributed by atoms with Gasteiger partial charge in [0.15, 0.2) is 0 Å². The van der Waals surface area contributed by atoms with Crippen molar-refractivity contribution in [3.05, 3.63) is 128 Å². The molecule has 0 unspecified atom stereocenters. The lowest BCUT2D eigenvalue weighted by Crippen LogP contribution is -2.22. The summed E-state index contributed by atoms with van der Waals surface area (Å²) in [5, 5.41) is 0. The fourth-order valence-corrected chi connectivity index (χ4v) is 6.21. The summed E-state index contributed by atoms with van der Waals surface area (Å²) in [6.45, 7) is 5.19. The van der Waals surface area contributed by atoms with Crippen molar-refractivity contribution in [3.63, 3.8) is 0 Å². The van der Waals surface area contributed by atoms with Crippen LogP contribution in [-0.2, 0) is 50.9 Å². The van der Waals surface area contributed by atoms with E-state index in [1.165, 1.54) is 25.1 Å². The number of aryl methyl sites for hydroxylation is 6. The molecule has 4 aromatic rings. The van der Waals surface area contributed by atoms with Gasteiger partial charge in [0, 0.05) is 5.56 Å². The first-order chi connectivity index (χ1) is 22.2. The van der Waals surface area contributed by atoms with E-state index in [9.17, 15) is 26.3 Å². The molecular weight excluding hydrogens is 620 g/mol. The number of unbranched alkanes of at least 4 members (excludes halogenated alkanes) is 2. The Hall–Kier alpha value is -3.68. The number of hydrogen-bond donors (Lipinski definition) is 0. The number of hydrogen-bond acceptors (Lipinski definition) is 0. The lowest BCUT2D eigenvalue weighted by molar-refractivity contribution is -0.163. The molecule has 4 rings (SSSR count). The summed E-state index contributed by atoms with van der Waals surface area (Å²) >= 11 is 0. The van der Waals surface area contributed by atoms with E-state index in [4.69, 9.17) is 0 Å². The van der Waals surface area contributed by atoms with Gasteiger partial charge >= 0.3 is 12.4 Å². The lowest BCUT2D eigenvalue weighted by atomic mass is 9.86. The van der Waals surface area contributed by atoms with E-state index < -0.39 is 35.1 Å². The van der Waals surface area contributed by atoms with Gasteiger partial charge in [0.2, 0.25) is 0 Å². The second-order valence-electron chi connectivity index (χ2n) is 12.2. The van der Waals surface area contributed by atoms with Crippen molar-refractivity contribution in [1.29, 1.82) is 0 Å². The molecular formula is C39H40F8. The first-order valence-corrected chi connectivity index (χ1v) is 16.2. The van der Waals surface area contributed by atoms with Crippen molar-refractivity contribution in [1.82, 2.24) is 0 Å². The standard InChI is InChI=1S/C39H40F8/c1-4-6-7-9-26-14-18-29(19-15-26)33-24-34(40)30(23-35(33)41)20-16-27-10-12-28(13-11-27)17-21-32-25(3)22-31(8-5-2)36(38(42,43)44)37(32)39(45,46)47/h10-15,18-19,22-24H,4-9,16-17,20-21H2,1-3H3. The molecule has 0 atom stereocenters. The van der Waals surface area contributed by atoms with Crippen LogP contribution in [0.1, 0.15) is 89.6 Å². The van der Waals surface area contributed by atoms with Crippen molar-refractivity contribution in [3.8, 4) is 11.1 Å². The summed E-state index contributed by atoms with van der Waals surface area (Å²) in [7, 11) is 0. The van der Waals surface area contributed by atoms with Crippen molar-refractivity contribution >= 4 is 0 Å². The maximum Gasteiger partial charge on any atom is 0.417 e. The Balaban J connectivity index is 1.44. The minimum atomic E-state index is -5.16. The third kappa shape index (κ3) is 9.23. The number of halogens is 8. The Morgan fingerprint density at radius 2 is 1.06 bits per heavy atom. The zero-order chi connectivity index (χ0) is 34.4. The van der Waals surface area contributed by atoms with Crippen LogP contribution in [0.25, 0.3) is 11.1 Å². The monoisotopic (exact) mass is 660 g/mol. The van der Waals surface area contributed by atoms with E-state index in [1.54, 1.807) is 31.2 Å². The molecule has 0 aliphatic rings. The van der Waals surface area contributed by atoms with E-state index in [0.29, 0.717) is 17.5 Å². The molecule has 0 saturated carbocycles. The molecule has 0 saturated heterocycles. The minimum Gasteiger partial charge on any atom is -0.207 e. The number of benzene rings is 4. The fourth-order valence-electron chi connectivity index (χ4n) is 6.21. The van der Waals surface area contributed by atoms with Crippen LogP contribution in [-0.4, -0.2) is 0 Å². The predicted octanol–water partition coefficient (Wildman–Crippen LogP) is 12.2. The zero-order valence-electron chi connectivity index (χ0n) is 26.9. The Morgan fingerprint density at radius 1 is 0.511 bits per heavy atom. The average molecular weight is 661 g/mol. The Bertz CT molecular complexity index is 1630. The van der Waals surface area contributed by atoms with Gasteiger partial charge in [0.05, 0.1) is 11.1 Å². The van der Waals surface area contributed by atoms with Crippen LogP contribution in [0.2, 0.25) is 0 Å². The van der Waals surface area contributed by atoms with Crippen LogP contribution in [0.15, 0.2) is 66.7 Å². The first-order valence-electron chi connectivity index (χ1n) is 16.2. The van der Waals surface area contributed by atoms with E-state index in [0.717, 1.165) is 36.8 Å². The molecule has 0 amide bonds. The van der Waals surface area contributed by atoms with Gasteiger partial charge in [0.1, 0.15) is 11.6 Å². The van der Waals surface area contributed by atoms with Gasteiger partial charge in [-0.05, 0) is 109 Å². The molecule has 47 heavy (non-hydrogen) atoms. The Labute approximate surface area is 271 Å². The largest absolute Gasteiger partial charge is 0.417 e. The molecule has 0 aromatic heterocycles. The third-order valence-corrected chi connectivity index (χ3v) is 8.67. The van der Waals surface area contributed by atoms with Gasteiger partial charge in [0.25, 0.3) is 0 Å². The van der Waals surface area contributed by atoms with Gasteiger partial charge < -0.3 is 0 Å². The molecule has 0 aliphatic heterocycles. The summed E-state index contributed by atoms with van der Waals surface area (Å²) in [6, 6.07) is 18.1. The predicted molar refractivity (Wildman–Crippen MR) is 171 cm³/mol. The maximum atomic E-state index is 15.0. The van der Waals surface area contributed by atoms with Crippen molar-refractivity contribution in [2.45, 2.75) is 97.3 Å². The molecule has 0 heterocycles. The van der Waals surface area contributed by atoms with Crippen LogP contribution in [0, 0.1) is 18.6 Å². The van der Waals surface area contributed by atoms with Crippen LogP contribution < -0.4 is 0 Å². The van der Waals surface area contributed by atoms with Crippen molar-refractivity contribution in [2.75, 3.05) is 0 Å².